The Balaban J connectivity index is 2.26. The largest absolute Gasteiger partial charge is 0.460 e. The average molecular weight is 213 g/mol. The molecule has 0 spiro atoms. The molecule has 0 radical (unpaired) electrons. The highest BCUT2D eigenvalue weighted by atomic mass is 16.3. The fraction of sp³-hybridized carbons (Fsp3) is 0.250. The molecule has 80 valence electrons. The minimum Gasteiger partial charge on any atom is -0.460 e. The van der Waals surface area contributed by atoms with Gasteiger partial charge in [0, 0.05) is 19.0 Å². The van der Waals surface area contributed by atoms with Gasteiger partial charge in [0.05, 0.1) is 6.07 Å². The highest BCUT2D eigenvalue weighted by Crippen LogP contribution is 2.19. The van der Waals surface area contributed by atoms with Crippen LogP contribution in [0.1, 0.15) is 18.0 Å². The van der Waals surface area contributed by atoms with E-state index >= 15 is 0 Å². The van der Waals surface area contributed by atoms with Gasteiger partial charge < -0.3 is 4.42 Å². The Morgan fingerprint density at radius 3 is 2.94 bits per heavy atom. The lowest BCUT2D eigenvalue weighted by atomic mass is 10.3. The molecule has 0 bridgehead atoms. The lowest BCUT2D eigenvalue weighted by Crippen LogP contribution is -1.95. The van der Waals surface area contributed by atoms with Crippen molar-refractivity contribution >= 4 is 0 Å². The lowest BCUT2D eigenvalue weighted by molar-refractivity contribution is 0.546. The molecule has 0 saturated carbocycles. The summed E-state index contributed by atoms with van der Waals surface area (Å²) in [6, 6.07) is 7.65. The van der Waals surface area contributed by atoms with Crippen LogP contribution in [0.3, 0.4) is 0 Å². The first kappa shape index (κ1) is 10.4. The molecule has 0 aliphatic carbocycles. The van der Waals surface area contributed by atoms with E-state index in [1.807, 2.05) is 19.1 Å². The van der Waals surface area contributed by atoms with Crippen molar-refractivity contribution in [1.82, 2.24) is 9.97 Å². The number of nitriles is 1. The summed E-state index contributed by atoms with van der Waals surface area (Å²) in [5.74, 6) is 2.26. The minimum absolute atomic E-state index is 0.431. The summed E-state index contributed by atoms with van der Waals surface area (Å²) in [5.41, 5.74) is 0.760. The molecule has 0 saturated heterocycles. The SMILES string of the molecule is Cc1ccc(-c2ccnc(CCC#N)n2)o1. The number of nitrogens with zero attached hydrogens (tertiary/aromatic N) is 3. The van der Waals surface area contributed by atoms with E-state index in [1.165, 1.54) is 0 Å². The van der Waals surface area contributed by atoms with E-state index in [1.54, 1.807) is 12.3 Å². The molecule has 0 unspecified atom stereocenters. The molecule has 2 aromatic heterocycles. The molecule has 2 aromatic rings. The Morgan fingerprint density at radius 2 is 2.25 bits per heavy atom. The number of hydrogen-bond donors (Lipinski definition) is 0. The van der Waals surface area contributed by atoms with Gasteiger partial charge in [0.1, 0.15) is 17.3 Å². The second kappa shape index (κ2) is 4.58. The summed E-state index contributed by atoms with van der Waals surface area (Å²) < 4.78 is 5.47. The van der Waals surface area contributed by atoms with Gasteiger partial charge in [-0.2, -0.15) is 5.26 Å². The molecule has 0 atom stereocenters. The summed E-state index contributed by atoms with van der Waals surface area (Å²) in [6.45, 7) is 1.89. The molecular formula is C12H11N3O. The fourth-order valence-electron chi connectivity index (χ4n) is 1.40. The molecule has 4 nitrogen and oxygen atoms in total. The van der Waals surface area contributed by atoms with Crippen molar-refractivity contribution in [3.63, 3.8) is 0 Å². The van der Waals surface area contributed by atoms with Crippen LogP contribution in [-0.4, -0.2) is 9.97 Å². The van der Waals surface area contributed by atoms with Crippen molar-refractivity contribution in [3.8, 4) is 17.5 Å². The standard InChI is InChI=1S/C12H11N3O/c1-9-4-5-11(16-9)10-6-8-14-12(15-10)3-2-7-13/h4-6,8H,2-3H2,1H3. The van der Waals surface area contributed by atoms with E-state index in [9.17, 15) is 0 Å². The van der Waals surface area contributed by atoms with Crippen LogP contribution in [0.5, 0.6) is 0 Å². The highest BCUT2D eigenvalue weighted by molar-refractivity contribution is 5.51. The summed E-state index contributed by atoms with van der Waals surface area (Å²) in [6.07, 6.45) is 2.69. The van der Waals surface area contributed by atoms with Crippen LogP contribution < -0.4 is 0 Å². The second-order valence-corrected chi connectivity index (χ2v) is 3.43. The van der Waals surface area contributed by atoms with Crippen LogP contribution in [0.2, 0.25) is 0 Å². The number of hydrogen-bond acceptors (Lipinski definition) is 4. The summed E-state index contributed by atoms with van der Waals surface area (Å²) in [7, 11) is 0. The molecule has 0 N–H and O–H groups in total. The third kappa shape index (κ3) is 2.26. The van der Waals surface area contributed by atoms with Crippen LogP contribution >= 0.6 is 0 Å². The third-order valence-corrected chi connectivity index (χ3v) is 2.16. The number of rotatable bonds is 3. The van der Waals surface area contributed by atoms with Crippen molar-refractivity contribution in [2.75, 3.05) is 0 Å². The van der Waals surface area contributed by atoms with Gasteiger partial charge in [-0.25, -0.2) is 9.97 Å². The summed E-state index contributed by atoms with van der Waals surface area (Å²) >= 11 is 0. The minimum atomic E-state index is 0.431. The first-order valence-corrected chi connectivity index (χ1v) is 5.05. The molecule has 0 aromatic carbocycles. The lowest BCUT2D eigenvalue weighted by Gasteiger charge is -1.99. The van der Waals surface area contributed by atoms with E-state index < -0.39 is 0 Å². The van der Waals surface area contributed by atoms with E-state index in [0.29, 0.717) is 18.7 Å². The first-order chi connectivity index (χ1) is 7.79. The second-order valence-electron chi connectivity index (χ2n) is 3.43. The van der Waals surface area contributed by atoms with Crippen molar-refractivity contribution in [3.05, 3.63) is 36.0 Å². The maximum Gasteiger partial charge on any atom is 0.152 e. The quantitative estimate of drug-likeness (QED) is 0.785. The summed E-state index contributed by atoms with van der Waals surface area (Å²) in [4.78, 5) is 8.44. The average Bonchev–Trinajstić information content (AvgIpc) is 2.74. The van der Waals surface area contributed by atoms with Crippen LogP contribution in [0.4, 0.5) is 0 Å². The van der Waals surface area contributed by atoms with Crippen LogP contribution in [0.25, 0.3) is 11.5 Å². The topological polar surface area (TPSA) is 62.7 Å². The van der Waals surface area contributed by atoms with Crippen LogP contribution in [0.15, 0.2) is 28.8 Å². The van der Waals surface area contributed by atoms with Gasteiger partial charge in [-0.3, -0.25) is 0 Å². The Labute approximate surface area is 93.6 Å². The van der Waals surface area contributed by atoms with E-state index in [0.717, 1.165) is 17.2 Å². The van der Waals surface area contributed by atoms with Gasteiger partial charge in [0.25, 0.3) is 0 Å². The maximum absolute atomic E-state index is 8.49. The van der Waals surface area contributed by atoms with Gasteiger partial charge in [-0.15, -0.1) is 0 Å². The van der Waals surface area contributed by atoms with Gasteiger partial charge in [-0.05, 0) is 25.1 Å². The van der Waals surface area contributed by atoms with E-state index in [-0.39, 0.29) is 0 Å². The van der Waals surface area contributed by atoms with Gasteiger partial charge in [0.15, 0.2) is 5.76 Å². The first-order valence-electron chi connectivity index (χ1n) is 5.05. The Bertz CT molecular complexity index is 525. The van der Waals surface area contributed by atoms with Crippen molar-refractivity contribution in [2.24, 2.45) is 0 Å². The zero-order valence-corrected chi connectivity index (χ0v) is 8.97. The third-order valence-electron chi connectivity index (χ3n) is 2.16. The van der Waals surface area contributed by atoms with Gasteiger partial charge >= 0.3 is 0 Å². The highest BCUT2D eigenvalue weighted by Gasteiger charge is 2.05. The van der Waals surface area contributed by atoms with Crippen molar-refractivity contribution in [1.29, 1.82) is 5.26 Å². The van der Waals surface area contributed by atoms with E-state index in [4.69, 9.17) is 9.68 Å². The summed E-state index contributed by atoms with van der Waals surface area (Å²) in [5, 5.41) is 8.49. The Morgan fingerprint density at radius 1 is 1.38 bits per heavy atom. The molecule has 0 aliphatic rings. The predicted molar refractivity (Wildman–Crippen MR) is 58.4 cm³/mol. The molecule has 2 rings (SSSR count). The zero-order chi connectivity index (χ0) is 11.4. The smallest absolute Gasteiger partial charge is 0.152 e. The molecule has 0 amide bonds. The molecule has 4 heteroatoms. The fourth-order valence-corrected chi connectivity index (χ4v) is 1.40. The van der Waals surface area contributed by atoms with Crippen LogP contribution in [-0.2, 0) is 6.42 Å². The number of furan rings is 1. The number of aryl methyl sites for hydroxylation is 2. The molecular weight excluding hydrogens is 202 g/mol. The number of aromatic nitrogens is 2. The predicted octanol–water partition coefficient (Wildman–Crippen LogP) is 2.50. The Kier molecular flexibility index (Phi) is 2.97. The van der Waals surface area contributed by atoms with Gasteiger partial charge in [0.2, 0.25) is 0 Å². The maximum atomic E-state index is 8.49. The molecule has 2 heterocycles. The van der Waals surface area contributed by atoms with E-state index in [2.05, 4.69) is 16.0 Å². The normalized spacial score (nSPS) is 10.0. The van der Waals surface area contributed by atoms with Gasteiger partial charge in [-0.1, -0.05) is 0 Å². The Hall–Kier alpha value is -2.15. The molecule has 0 fully saturated rings. The van der Waals surface area contributed by atoms with Crippen molar-refractivity contribution in [2.45, 2.75) is 19.8 Å². The van der Waals surface area contributed by atoms with Crippen molar-refractivity contribution < 1.29 is 4.42 Å². The zero-order valence-electron chi connectivity index (χ0n) is 8.97. The molecule has 16 heavy (non-hydrogen) atoms. The van der Waals surface area contributed by atoms with Crippen LogP contribution in [0, 0.1) is 18.3 Å². The monoisotopic (exact) mass is 213 g/mol. The molecule has 0 aliphatic heterocycles.